The predicted octanol–water partition coefficient (Wildman–Crippen LogP) is 2.92. The molecular formula is C15H16FN3O2. The van der Waals surface area contributed by atoms with Crippen molar-refractivity contribution in [1.82, 2.24) is 15.0 Å². The molecule has 0 amide bonds. The van der Waals surface area contributed by atoms with Crippen LogP contribution in [-0.4, -0.2) is 21.3 Å². The summed E-state index contributed by atoms with van der Waals surface area (Å²) < 4.78 is 20.5. The van der Waals surface area contributed by atoms with Crippen LogP contribution in [0.5, 0.6) is 5.75 Å². The molecule has 1 aromatic carbocycles. The van der Waals surface area contributed by atoms with Gasteiger partial charge in [0.15, 0.2) is 6.29 Å². The van der Waals surface area contributed by atoms with Crippen molar-refractivity contribution in [1.29, 1.82) is 0 Å². The number of aromatic nitrogens is 3. The molecule has 0 bridgehead atoms. The maximum Gasteiger partial charge on any atom is 0.153 e. The van der Waals surface area contributed by atoms with Crippen molar-refractivity contribution in [3.05, 3.63) is 41.5 Å². The fraction of sp³-hybridized carbons (Fsp3) is 0.400. The minimum Gasteiger partial charge on any atom is -0.486 e. The van der Waals surface area contributed by atoms with Crippen LogP contribution in [0.15, 0.2) is 24.4 Å². The van der Waals surface area contributed by atoms with Gasteiger partial charge in [-0.25, -0.2) is 9.07 Å². The highest BCUT2D eigenvalue weighted by Crippen LogP contribution is 2.28. The fourth-order valence-electron chi connectivity index (χ4n) is 2.61. The molecule has 1 heterocycles. The van der Waals surface area contributed by atoms with Crippen molar-refractivity contribution >= 4 is 6.29 Å². The lowest BCUT2D eigenvalue weighted by Gasteiger charge is -2.08. The monoisotopic (exact) mass is 289 g/mol. The van der Waals surface area contributed by atoms with E-state index < -0.39 is 5.82 Å². The van der Waals surface area contributed by atoms with Crippen LogP contribution in [0.1, 0.15) is 47.8 Å². The zero-order chi connectivity index (χ0) is 14.7. The van der Waals surface area contributed by atoms with Crippen LogP contribution in [0.2, 0.25) is 0 Å². The average Bonchev–Trinajstić information content (AvgIpc) is 3.16. The number of nitrogens with zero attached hydrogens (tertiary/aromatic N) is 3. The molecule has 6 heteroatoms. The van der Waals surface area contributed by atoms with Crippen molar-refractivity contribution in [2.24, 2.45) is 0 Å². The van der Waals surface area contributed by atoms with Gasteiger partial charge in [-0.15, -0.1) is 5.10 Å². The number of halogens is 1. The molecule has 2 aromatic rings. The second kappa shape index (κ2) is 6.03. The van der Waals surface area contributed by atoms with E-state index in [-0.39, 0.29) is 12.4 Å². The van der Waals surface area contributed by atoms with Crippen molar-refractivity contribution in [3.8, 4) is 5.75 Å². The van der Waals surface area contributed by atoms with Gasteiger partial charge in [0.05, 0.1) is 17.8 Å². The molecule has 0 spiro atoms. The Hall–Kier alpha value is -2.24. The Morgan fingerprint density at radius 1 is 1.38 bits per heavy atom. The van der Waals surface area contributed by atoms with Crippen molar-refractivity contribution in [2.45, 2.75) is 38.3 Å². The molecule has 0 N–H and O–H groups in total. The second-order valence-corrected chi connectivity index (χ2v) is 5.22. The number of rotatable bonds is 5. The zero-order valence-electron chi connectivity index (χ0n) is 11.5. The molecule has 21 heavy (non-hydrogen) atoms. The number of carbonyl (C=O) groups is 1. The van der Waals surface area contributed by atoms with Gasteiger partial charge in [-0.2, -0.15) is 0 Å². The van der Waals surface area contributed by atoms with E-state index in [1.165, 1.54) is 31.0 Å². The van der Waals surface area contributed by atoms with Crippen LogP contribution < -0.4 is 4.74 Å². The molecule has 0 unspecified atom stereocenters. The fourth-order valence-corrected chi connectivity index (χ4v) is 2.61. The number of carbonyl (C=O) groups excluding carboxylic acids is 1. The van der Waals surface area contributed by atoms with E-state index in [0.29, 0.717) is 23.6 Å². The van der Waals surface area contributed by atoms with Crippen molar-refractivity contribution in [3.63, 3.8) is 0 Å². The number of hydrogen-bond acceptors (Lipinski definition) is 4. The van der Waals surface area contributed by atoms with Crippen LogP contribution >= 0.6 is 0 Å². The van der Waals surface area contributed by atoms with E-state index in [1.807, 2.05) is 10.9 Å². The van der Waals surface area contributed by atoms with E-state index >= 15 is 0 Å². The number of ether oxygens (including phenoxy) is 1. The van der Waals surface area contributed by atoms with E-state index in [2.05, 4.69) is 10.3 Å². The summed E-state index contributed by atoms with van der Waals surface area (Å²) in [6, 6.07) is 4.25. The highest BCUT2D eigenvalue weighted by molar-refractivity contribution is 5.79. The third-order valence-electron chi connectivity index (χ3n) is 3.73. The van der Waals surface area contributed by atoms with Gasteiger partial charge in [-0.05, 0) is 25.0 Å². The lowest BCUT2D eigenvalue weighted by Crippen LogP contribution is -2.05. The molecule has 3 rings (SSSR count). The lowest BCUT2D eigenvalue weighted by atomic mass is 10.2. The van der Waals surface area contributed by atoms with E-state index in [4.69, 9.17) is 4.74 Å². The molecule has 0 atom stereocenters. The lowest BCUT2D eigenvalue weighted by molar-refractivity contribution is 0.111. The van der Waals surface area contributed by atoms with Gasteiger partial charge in [0, 0.05) is 6.07 Å². The highest BCUT2D eigenvalue weighted by atomic mass is 19.1. The number of hydrogen-bond donors (Lipinski definition) is 0. The Labute approximate surface area is 121 Å². The first kappa shape index (κ1) is 13.7. The van der Waals surface area contributed by atoms with E-state index in [9.17, 15) is 9.18 Å². The molecule has 1 aromatic heterocycles. The normalized spacial score (nSPS) is 15.3. The molecule has 1 aliphatic rings. The van der Waals surface area contributed by atoms with Crippen LogP contribution in [0, 0.1) is 5.82 Å². The van der Waals surface area contributed by atoms with Crippen LogP contribution in [0.25, 0.3) is 0 Å². The third-order valence-corrected chi connectivity index (χ3v) is 3.73. The molecule has 5 nitrogen and oxygen atoms in total. The highest BCUT2D eigenvalue weighted by Gasteiger charge is 2.18. The summed E-state index contributed by atoms with van der Waals surface area (Å²) in [5, 5.41) is 8.17. The molecule has 1 fully saturated rings. The maximum absolute atomic E-state index is 13.2. The van der Waals surface area contributed by atoms with Gasteiger partial charge in [0.2, 0.25) is 0 Å². The summed E-state index contributed by atoms with van der Waals surface area (Å²) in [6.45, 7) is 0.164. The molecular weight excluding hydrogens is 273 g/mol. The van der Waals surface area contributed by atoms with Gasteiger partial charge in [0.25, 0.3) is 0 Å². The quantitative estimate of drug-likeness (QED) is 0.794. The largest absolute Gasteiger partial charge is 0.486 e. The topological polar surface area (TPSA) is 57.0 Å². The van der Waals surface area contributed by atoms with Crippen LogP contribution in [-0.2, 0) is 6.61 Å². The Bertz CT molecular complexity index is 636. The first-order chi connectivity index (χ1) is 10.3. The van der Waals surface area contributed by atoms with Gasteiger partial charge in [-0.3, -0.25) is 4.79 Å². The molecule has 1 saturated carbocycles. The summed E-state index contributed by atoms with van der Waals surface area (Å²) in [4.78, 5) is 10.9. The van der Waals surface area contributed by atoms with Crippen molar-refractivity contribution in [2.75, 3.05) is 0 Å². The standard InChI is InChI=1S/C15H16FN3O2/c16-12-6-5-11(9-20)15(7-12)21-10-13-8-19(18-17-13)14-3-1-2-4-14/h5-9,14H,1-4,10H2. The number of benzene rings is 1. The van der Waals surface area contributed by atoms with Gasteiger partial charge in [0.1, 0.15) is 23.9 Å². The van der Waals surface area contributed by atoms with Gasteiger partial charge >= 0.3 is 0 Å². The Morgan fingerprint density at radius 2 is 2.19 bits per heavy atom. The van der Waals surface area contributed by atoms with Gasteiger partial charge < -0.3 is 4.74 Å². The first-order valence-corrected chi connectivity index (χ1v) is 7.04. The Kier molecular flexibility index (Phi) is 3.94. The summed E-state index contributed by atoms with van der Waals surface area (Å²) in [5.41, 5.74) is 0.989. The van der Waals surface area contributed by atoms with E-state index in [1.54, 1.807) is 0 Å². The van der Waals surface area contributed by atoms with Crippen LogP contribution in [0.3, 0.4) is 0 Å². The number of aldehydes is 1. The zero-order valence-corrected chi connectivity index (χ0v) is 11.5. The molecule has 0 aliphatic heterocycles. The Morgan fingerprint density at radius 3 is 2.95 bits per heavy atom. The van der Waals surface area contributed by atoms with Crippen molar-refractivity contribution < 1.29 is 13.9 Å². The predicted molar refractivity (Wildman–Crippen MR) is 73.6 cm³/mol. The molecule has 0 radical (unpaired) electrons. The van der Waals surface area contributed by atoms with Crippen LogP contribution in [0.4, 0.5) is 4.39 Å². The smallest absolute Gasteiger partial charge is 0.153 e. The minimum absolute atomic E-state index is 0.164. The summed E-state index contributed by atoms with van der Waals surface area (Å²) in [5.74, 6) is -0.217. The third kappa shape index (κ3) is 3.09. The average molecular weight is 289 g/mol. The summed E-state index contributed by atoms with van der Waals surface area (Å²) >= 11 is 0. The summed E-state index contributed by atoms with van der Waals surface area (Å²) in [6.07, 6.45) is 7.20. The molecule has 1 aliphatic carbocycles. The first-order valence-electron chi connectivity index (χ1n) is 7.04. The minimum atomic E-state index is -0.440. The second-order valence-electron chi connectivity index (χ2n) is 5.22. The summed E-state index contributed by atoms with van der Waals surface area (Å²) in [7, 11) is 0. The Balaban J connectivity index is 1.67. The van der Waals surface area contributed by atoms with E-state index in [0.717, 1.165) is 12.8 Å². The molecule has 110 valence electrons. The maximum atomic E-state index is 13.2. The molecule has 0 saturated heterocycles. The SMILES string of the molecule is O=Cc1ccc(F)cc1OCc1cn(C2CCCC2)nn1. The van der Waals surface area contributed by atoms with Gasteiger partial charge in [-0.1, -0.05) is 18.1 Å².